The van der Waals surface area contributed by atoms with Gasteiger partial charge in [0.2, 0.25) is 5.91 Å². The molecule has 0 aliphatic rings. The van der Waals surface area contributed by atoms with E-state index in [2.05, 4.69) is 17.2 Å². The van der Waals surface area contributed by atoms with E-state index in [1.165, 1.54) is 0 Å². The van der Waals surface area contributed by atoms with Crippen molar-refractivity contribution in [2.24, 2.45) is 5.92 Å². The van der Waals surface area contributed by atoms with Crippen LogP contribution in [-0.2, 0) is 9.59 Å². The summed E-state index contributed by atoms with van der Waals surface area (Å²) in [6, 6.07) is 9.81. The molecule has 0 aliphatic carbocycles. The maximum Gasteiger partial charge on any atom is 0.232 e. The molecule has 0 spiro atoms. The molecule has 1 aromatic rings. The van der Waals surface area contributed by atoms with Crippen LogP contribution in [0.25, 0.3) is 0 Å². The van der Waals surface area contributed by atoms with E-state index in [1.807, 2.05) is 44.2 Å². The molecular formula is C18H23NO2. The molecule has 1 amide bonds. The van der Waals surface area contributed by atoms with Crippen LogP contribution in [0.5, 0.6) is 0 Å². The van der Waals surface area contributed by atoms with Crippen molar-refractivity contribution in [3.63, 3.8) is 0 Å². The van der Waals surface area contributed by atoms with Crippen molar-refractivity contribution >= 4 is 11.7 Å². The van der Waals surface area contributed by atoms with Crippen molar-refractivity contribution < 1.29 is 9.59 Å². The highest BCUT2D eigenvalue weighted by Gasteiger charge is 2.23. The van der Waals surface area contributed by atoms with Gasteiger partial charge in [-0.25, -0.2) is 0 Å². The van der Waals surface area contributed by atoms with Crippen molar-refractivity contribution in [1.82, 2.24) is 5.32 Å². The van der Waals surface area contributed by atoms with Crippen LogP contribution in [0, 0.1) is 17.8 Å². The van der Waals surface area contributed by atoms with Crippen molar-refractivity contribution in [3.05, 3.63) is 35.9 Å². The fraction of sp³-hybridized carbons (Fsp3) is 0.444. The van der Waals surface area contributed by atoms with Crippen LogP contribution in [0.3, 0.4) is 0 Å². The summed E-state index contributed by atoms with van der Waals surface area (Å²) in [5.74, 6) is 5.54. The zero-order chi connectivity index (χ0) is 15.7. The van der Waals surface area contributed by atoms with E-state index in [4.69, 9.17) is 0 Å². The lowest BCUT2D eigenvalue weighted by Crippen LogP contribution is -2.28. The van der Waals surface area contributed by atoms with Crippen molar-refractivity contribution in [1.29, 1.82) is 0 Å². The third kappa shape index (κ3) is 5.83. The summed E-state index contributed by atoms with van der Waals surface area (Å²) in [6.45, 7) is 6.17. The fourth-order valence-corrected chi connectivity index (χ4v) is 2.31. The number of rotatable bonds is 7. The Labute approximate surface area is 127 Å². The number of carbonyl (C=O) groups is 2. The van der Waals surface area contributed by atoms with Crippen LogP contribution in [-0.4, -0.2) is 18.2 Å². The smallest absolute Gasteiger partial charge is 0.232 e. The number of amides is 1. The highest BCUT2D eigenvalue weighted by Crippen LogP contribution is 2.26. The molecule has 1 atom stereocenters. The third-order valence-electron chi connectivity index (χ3n) is 3.29. The molecule has 0 heterocycles. The molecular weight excluding hydrogens is 262 g/mol. The average Bonchev–Trinajstić information content (AvgIpc) is 2.46. The van der Waals surface area contributed by atoms with Crippen molar-refractivity contribution in [3.8, 4) is 11.8 Å². The second-order valence-electron chi connectivity index (χ2n) is 5.30. The van der Waals surface area contributed by atoms with Gasteiger partial charge in [-0.15, -0.1) is 5.92 Å². The van der Waals surface area contributed by atoms with Crippen molar-refractivity contribution in [2.75, 3.05) is 6.54 Å². The summed E-state index contributed by atoms with van der Waals surface area (Å²) >= 11 is 0. The van der Waals surface area contributed by atoms with Gasteiger partial charge in [0.1, 0.15) is 5.78 Å². The van der Waals surface area contributed by atoms with Gasteiger partial charge < -0.3 is 5.32 Å². The van der Waals surface area contributed by atoms with E-state index in [1.54, 1.807) is 6.92 Å². The summed E-state index contributed by atoms with van der Waals surface area (Å²) in [4.78, 5) is 23.8. The molecule has 0 aliphatic heterocycles. The Morgan fingerprint density at radius 1 is 1.19 bits per heavy atom. The summed E-state index contributed by atoms with van der Waals surface area (Å²) < 4.78 is 0. The van der Waals surface area contributed by atoms with Crippen molar-refractivity contribution in [2.45, 2.75) is 39.5 Å². The van der Waals surface area contributed by atoms with Gasteiger partial charge in [-0.3, -0.25) is 9.59 Å². The fourth-order valence-electron chi connectivity index (χ4n) is 2.31. The molecule has 1 aromatic carbocycles. The normalized spacial score (nSPS) is 11.4. The van der Waals surface area contributed by atoms with Crippen LogP contribution in [0.1, 0.15) is 45.1 Å². The molecule has 3 nitrogen and oxygen atoms in total. The average molecular weight is 285 g/mol. The molecule has 0 aromatic heterocycles. The minimum atomic E-state index is -0.127. The molecule has 0 saturated heterocycles. The Kier molecular flexibility index (Phi) is 7.25. The second-order valence-corrected chi connectivity index (χ2v) is 5.30. The molecule has 0 unspecified atom stereocenters. The van der Waals surface area contributed by atoms with E-state index in [0.717, 1.165) is 5.56 Å². The predicted molar refractivity (Wildman–Crippen MR) is 84.7 cm³/mol. The minimum absolute atomic E-state index is 0.112. The molecule has 0 saturated carbocycles. The van der Waals surface area contributed by atoms with Crippen LogP contribution >= 0.6 is 0 Å². The van der Waals surface area contributed by atoms with Crippen LogP contribution in [0.15, 0.2) is 30.3 Å². The van der Waals surface area contributed by atoms with E-state index in [-0.39, 0.29) is 29.9 Å². The SMILES string of the molecule is CC#CCC(=O)NCCC(=O)[C@@H](c1ccccc1)C(C)C. The van der Waals surface area contributed by atoms with Crippen LogP contribution in [0.4, 0.5) is 0 Å². The lowest BCUT2D eigenvalue weighted by Gasteiger charge is -2.20. The van der Waals surface area contributed by atoms with Crippen LogP contribution in [0.2, 0.25) is 0 Å². The largest absolute Gasteiger partial charge is 0.355 e. The first-order valence-electron chi connectivity index (χ1n) is 7.30. The van der Waals surface area contributed by atoms with E-state index >= 15 is 0 Å². The van der Waals surface area contributed by atoms with Gasteiger partial charge in [-0.2, -0.15) is 0 Å². The Bertz CT molecular complexity index is 523. The lowest BCUT2D eigenvalue weighted by atomic mass is 9.84. The lowest BCUT2D eigenvalue weighted by molar-refractivity contribution is -0.122. The van der Waals surface area contributed by atoms with E-state index in [9.17, 15) is 9.59 Å². The molecule has 0 fully saturated rings. The van der Waals surface area contributed by atoms with Gasteiger partial charge in [0, 0.05) is 18.9 Å². The molecule has 3 heteroatoms. The summed E-state index contributed by atoms with van der Waals surface area (Å²) in [5, 5.41) is 2.73. The van der Waals surface area contributed by atoms with Gasteiger partial charge >= 0.3 is 0 Å². The van der Waals surface area contributed by atoms with Crippen LogP contribution < -0.4 is 5.32 Å². The Balaban J connectivity index is 2.55. The number of ketones is 1. The maximum absolute atomic E-state index is 12.4. The molecule has 21 heavy (non-hydrogen) atoms. The maximum atomic E-state index is 12.4. The molecule has 1 N–H and O–H groups in total. The number of hydrogen-bond donors (Lipinski definition) is 1. The Hall–Kier alpha value is -2.08. The minimum Gasteiger partial charge on any atom is -0.355 e. The number of benzene rings is 1. The third-order valence-corrected chi connectivity index (χ3v) is 3.29. The molecule has 0 bridgehead atoms. The zero-order valence-corrected chi connectivity index (χ0v) is 13.0. The first kappa shape index (κ1) is 17.0. The number of carbonyl (C=O) groups excluding carboxylic acids is 2. The molecule has 1 rings (SSSR count). The van der Waals surface area contributed by atoms with E-state index in [0.29, 0.717) is 13.0 Å². The second kappa shape index (κ2) is 8.97. The van der Waals surface area contributed by atoms with Gasteiger partial charge in [0.25, 0.3) is 0 Å². The Morgan fingerprint density at radius 3 is 2.43 bits per heavy atom. The predicted octanol–water partition coefficient (Wildman–Crippen LogP) is 2.92. The van der Waals surface area contributed by atoms with E-state index < -0.39 is 0 Å². The molecule has 0 radical (unpaired) electrons. The highest BCUT2D eigenvalue weighted by atomic mass is 16.1. The molecule has 112 valence electrons. The first-order valence-corrected chi connectivity index (χ1v) is 7.30. The van der Waals surface area contributed by atoms with Gasteiger partial charge in [-0.05, 0) is 18.4 Å². The summed E-state index contributed by atoms with van der Waals surface area (Å²) in [5.41, 5.74) is 1.04. The standard InChI is InChI=1S/C18H23NO2/c1-4-5-11-17(21)19-13-12-16(20)18(14(2)3)15-9-7-6-8-10-15/h6-10,14,18H,11-13H2,1-3H3,(H,19,21)/t18-/m1/s1. The summed E-state index contributed by atoms with van der Waals surface area (Å²) in [7, 11) is 0. The van der Waals surface area contributed by atoms with Gasteiger partial charge in [0.05, 0.1) is 6.42 Å². The Morgan fingerprint density at radius 2 is 1.86 bits per heavy atom. The van der Waals surface area contributed by atoms with Gasteiger partial charge in [-0.1, -0.05) is 50.1 Å². The highest BCUT2D eigenvalue weighted by molar-refractivity contribution is 5.87. The quantitative estimate of drug-likeness (QED) is 0.783. The monoisotopic (exact) mass is 285 g/mol. The number of nitrogens with one attached hydrogen (secondary N) is 1. The number of Topliss-reactive ketones (excluding diaryl/α,β-unsaturated/α-hetero) is 1. The zero-order valence-electron chi connectivity index (χ0n) is 13.0. The first-order chi connectivity index (χ1) is 10.1. The summed E-state index contributed by atoms with van der Waals surface area (Å²) in [6.07, 6.45) is 0.542. The van der Waals surface area contributed by atoms with Gasteiger partial charge in [0.15, 0.2) is 0 Å². The number of hydrogen-bond acceptors (Lipinski definition) is 2. The topological polar surface area (TPSA) is 46.2 Å².